The van der Waals surface area contributed by atoms with Crippen molar-refractivity contribution in [3.05, 3.63) is 18.2 Å². The lowest BCUT2D eigenvalue weighted by atomic mass is 10.1. The lowest BCUT2D eigenvalue weighted by Gasteiger charge is -2.17. The van der Waals surface area contributed by atoms with E-state index in [1.807, 2.05) is 0 Å². The van der Waals surface area contributed by atoms with E-state index in [2.05, 4.69) is 0 Å². The third-order valence-corrected chi connectivity index (χ3v) is 3.27. The molecule has 108 valence electrons. The summed E-state index contributed by atoms with van der Waals surface area (Å²) in [5, 5.41) is 0. The Labute approximate surface area is 117 Å². The van der Waals surface area contributed by atoms with E-state index in [4.69, 9.17) is 15.2 Å². The molecule has 6 heteroatoms. The van der Waals surface area contributed by atoms with Crippen LogP contribution in [0.25, 0.3) is 0 Å². The van der Waals surface area contributed by atoms with Crippen molar-refractivity contribution in [1.29, 1.82) is 0 Å². The Bertz CT molecular complexity index is 530. The maximum Gasteiger partial charge on any atom is 0.311 e. The van der Waals surface area contributed by atoms with Crippen molar-refractivity contribution in [2.45, 2.75) is 13.3 Å². The van der Waals surface area contributed by atoms with Crippen LogP contribution in [0.4, 0.5) is 11.4 Å². The second-order valence-corrected chi connectivity index (χ2v) is 4.58. The first-order valence-corrected chi connectivity index (χ1v) is 6.47. The van der Waals surface area contributed by atoms with E-state index in [0.29, 0.717) is 30.3 Å². The maximum absolute atomic E-state index is 12.0. The molecule has 1 atom stereocenters. The number of methoxy groups -OCH3 is 1. The molecule has 1 amide bonds. The van der Waals surface area contributed by atoms with Gasteiger partial charge in [0, 0.05) is 18.7 Å². The molecule has 1 heterocycles. The molecule has 2 N–H and O–H groups in total. The summed E-state index contributed by atoms with van der Waals surface area (Å²) in [4.78, 5) is 25.2. The molecule has 2 rings (SSSR count). The van der Waals surface area contributed by atoms with Gasteiger partial charge in [-0.3, -0.25) is 9.59 Å². The van der Waals surface area contributed by atoms with E-state index in [1.54, 1.807) is 30.0 Å². The Balaban J connectivity index is 2.15. The summed E-state index contributed by atoms with van der Waals surface area (Å²) in [6.07, 6.45) is 0.171. The van der Waals surface area contributed by atoms with Crippen LogP contribution in [0.3, 0.4) is 0 Å². The summed E-state index contributed by atoms with van der Waals surface area (Å²) in [5.41, 5.74) is 6.96. The van der Waals surface area contributed by atoms with Crippen molar-refractivity contribution in [2.75, 3.05) is 30.9 Å². The fourth-order valence-electron chi connectivity index (χ4n) is 2.26. The number of amides is 1. The maximum atomic E-state index is 12.0. The summed E-state index contributed by atoms with van der Waals surface area (Å²) in [6, 6.07) is 5.13. The highest BCUT2D eigenvalue weighted by atomic mass is 16.5. The third kappa shape index (κ3) is 2.68. The average molecular weight is 278 g/mol. The molecule has 1 aromatic carbocycles. The van der Waals surface area contributed by atoms with Crippen LogP contribution in [0.2, 0.25) is 0 Å². The average Bonchev–Trinajstić information content (AvgIpc) is 2.81. The second-order valence-electron chi connectivity index (χ2n) is 4.58. The van der Waals surface area contributed by atoms with Gasteiger partial charge in [-0.25, -0.2) is 0 Å². The van der Waals surface area contributed by atoms with Crippen molar-refractivity contribution in [1.82, 2.24) is 0 Å². The van der Waals surface area contributed by atoms with Gasteiger partial charge in [-0.1, -0.05) is 0 Å². The first kappa shape index (κ1) is 14.2. The van der Waals surface area contributed by atoms with Gasteiger partial charge in [0.1, 0.15) is 5.75 Å². The molecule has 0 spiro atoms. The Hall–Kier alpha value is -2.24. The summed E-state index contributed by atoms with van der Waals surface area (Å²) in [5.74, 6) is -0.287. The Morgan fingerprint density at radius 3 is 2.85 bits per heavy atom. The van der Waals surface area contributed by atoms with Gasteiger partial charge in [-0.05, 0) is 25.1 Å². The quantitative estimate of drug-likeness (QED) is 0.661. The van der Waals surface area contributed by atoms with Crippen molar-refractivity contribution < 1.29 is 19.1 Å². The van der Waals surface area contributed by atoms with Crippen molar-refractivity contribution in [3.63, 3.8) is 0 Å². The number of carbonyl (C=O) groups is 2. The minimum atomic E-state index is -0.411. The van der Waals surface area contributed by atoms with Crippen LogP contribution in [0.15, 0.2) is 18.2 Å². The number of ether oxygens (including phenoxy) is 2. The van der Waals surface area contributed by atoms with E-state index < -0.39 is 5.92 Å². The molecule has 0 aliphatic carbocycles. The zero-order valence-electron chi connectivity index (χ0n) is 11.6. The SMILES string of the molecule is CCOC(=O)C1CC(=O)N(c2ccc(OC)c(N)c2)C1. The van der Waals surface area contributed by atoms with E-state index in [9.17, 15) is 9.59 Å². The number of rotatable bonds is 4. The minimum absolute atomic E-state index is 0.104. The fraction of sp³-hybridized carbons (Fsp3) is 0.429. The highest BCUT2D eigenvalue weighted by Crippen LogP contribution is 2.31. The normalized spacial score (nSPS) is 18.2. The van der Waals surface area contributed by atoms with E-state index in [1.165, 1.54) is 7.11 Å². The highest BCUT2D eigenvalue weighted by molar-refractivity contribution is 5.99. The van der Waals surface area contributed by atoms with Crippen LogP contribution < -0.4 is 15.4 Å². The Morgan fingerprint density at radius 1 is 1.50 bits per heavy atom. The van der Waals surface area contributed by atoms with E-state index >= 15 is 0 Å². The molecule has 20 heavy (non-hydrogen) atoms. The standard InChI is InChI=1S/C14H18N2O4/c1-3-20-14(18)9-6-13(17)16(8-9)10-4-5-12(19-2)11(15)7-10/h4-5,7,9H,3,6,8,15H2,1-2H3. The monoisotopic (exact) mass is 278 g/mol. The predicted molar refractivity (Wildman–Crippen MR) is 74.5 cm³/mol. The number of nitrogen functional groups attached to an aromatic ring is 1. The van der Waals surface area contributed by atoms with Crippen LogP contribution >= 0.6 is 0 Å². The van der Waals surface area contributed by atoms with Crippen molar-refractivity contribution in [2.24, 2.45) is 5.92 Å². The molecule has 0 saturated carbocycles. The Kier molecular flexibility index (Phi) is 4.12. The summed E-state index contributed by atoms with van der Waals surface area (Å²) in [7, 11) is 1.53. The van der Waals surface area contributed by atoms with Gasteiger partial charge < -0.3 is 20.1 Å². The third-order valence-electron chi connectivity index (χ3n) is 3.27. The van der Waals surface area contributed by atoms with E-state index in [-0.39, 0.29) is 18.3 Å². The molecule has 1 unspecified atom stereocenters. The molecular weight excluding hydrogens is 260 g/mol. The second kappa shape index (κ2) is 5.81. The zero-order chi connectivity index (χ0) is 14.7. The number of nitrogens with zero attached hydrogens (tertiary/aromatic N) is 1. The molecular formula is C14H18N2O4. The molecule has 0 radical (unpaired) electrons. The number of benzene rings is 1. The summed E-state index contributed by atoms with van der Waals surface area (Å²) in [6.45, 7) is 2.39. The van der Waals surface area contributed by atoms with Crippen LogP contribution in [0, 0.1) is 5.92 Å². The van der Waals surface area contributed by atoms with Gasteiger partial charge >= 0.3 is 5.97 Å². The van der Waals surface area contributed by atoms with Crippen LogP contribution in [-0.4, -0.2) is 32.1 Å². The summed E-state index contributed by atoms with van der Waals surface area (Å²) >= 11 is 0. The molecule has 1 aliphatic rings. The molecule has 6 nitrogen and oxygen atoms in total. The fourth-order valence-corrected chi connectivity index (χ4v) is 2.26. The van der Waals surface area contributed by atoms with Gasteiger partial charge in [0.2, 0.25) is 5.91 Å². The minimum Gasteiger partial charge on any atom is -0.495 e. The topological polar surface area (TPSA) is 81.9 Å². The number of nitrogens with two attached hydrogens (primary N) is 1. The highest BCUT2D eigenvalue weighted by Gasteiger charge is 2.36. The first-order chi connectivity index (χ1) is 9.56. The van der Waals surface area contributed by atoms with Gasteiger partial charge in [0.05, 0.1) is 25.3 Å². The predicted octanol–water partition coefficient (Wildman–Crippen LogP) is 1.19. The Morgan fingerprint density at radius 2 is 2.25 bits per heavy atom. The molecule has 1 saturated heterocycles. The molecule has 1 aromatic rings. The van der Waals surface area contributed by atoms with Crippen LogP contribution in [-0.2, 0) is 14.3 Å². The molecule has 1 fully saturated rings. The van der Waals surface area contributed by atoms with Gasteiger partial charge in [0.25, 0.3) is 0 Å². The number of esters is 1. The smallest absolute Gasteiger partial charge is 0.311 e. The van der Waals surface area contributed by atoms with Crippen LogP contribution in [0.1, 0.15) is 13.3 Å². The number of hydrogen-bond donors (Lipinski definition) is 1. The van der Waals surface area contributed by atoms with Crippen LogP contribution in [0.5, 0.6) is 5.75 Å². The van der Waals surface area contributed by atoms with Gasteiger partial charge in [-0.2, -0.15) is 0 Å². The van der Waals surface area contributed by atoms with Gasteiger partial charge in [-0.15, -0.1) is 0 Å². The largest absolute Gasteiger partial charge is 0.495 e. The molecule has 1 aliphatic heterocycles. The van der Waals surface area contributed by atoms with E-state index in [0.717, 1.165) is 0 Å². The van der Waals surface area contributed by atoms with Gasteiger partial charge in [0.15, 0.2) is 0 Å². The van der Waals surface area contributed by atoms with Crippen molar-refractivity contribution >= 4 is 23.3 Å². The number of anilines is 2. The zero-order valence-corrected chi connectivity index (χ0v) is 11.6. The molecule has 0 bridgehead atoms. The van der Waals surface area contributed by atoms with Crippen molar-refractivity contribution in [3.8, 4) is 5.75 Å². The summed E-state index contributed by atoms with van der Waals surface area (Å²) < 4.78 is 10.0. The lowest BCUT2D eigenvalue weighted by molar-refractivity contribution is -0.147. The number of carbonyl (C=O) groups excluding carboxylic acids is 2. The lowest BCUT2D eigenvalue weighted by Crippen LogP contribution is -2.26. The molecule has 0 aromatic heterocycles. The number of hydrogen-bond acceptors (Lipinski definition) is 5. The first-order valence-electron chi connectivity index (χ1n) is 6.47.